The first kappa shape index (κ1) is 12.4. The summed E-state index contributed by atoms with van der Waals surface area (Å²) in [6, 6.07) is 0. The zero-order chi connectivity index (χ0) is 12.0. The van der Waals surface area contributed by atoms with Gasteiger partial charge < -0.3 is 5.73 Å². The van der Waals surface area contributed by atoms with Crippen molar-refractivity contribution in [3.63, 3.8) is 0 Å². The Labute approximate surface area is 101 Å². The van der Waals surface area contributed by atoms with E-state index in [1.165, 1.54) is 32.1 Å². The van der Waals surface area contributed by atoms with Crippen LogP contribution in [0.4, 0.5) is 0 Å². The molecule has 2 fully saturated rings. The lowest BCUT2D eigenvalue weighted by Crippen LogP contribution is -2.62. The molecule has 0 spiro atoms. The van der Waals surface area contributed by atoms with Crippen molar-refractivity contribution >= 4 is 0 Å². The summed E-state index contributed by atoms with van der Waals surface area (Å²) in [6.07, 6.45) is 6.83. The molecule has 3 atom stereocenters. The molecule has 3 unspecified atom stereocenters. The summed E-state index contributed by atoms with van der Waals surface area (Å²) in [6.45, 7) is 7.84. The van der Waals surface area contributed by atoms with Gasteiger partial charge in [0, 0.05) is 17.6 Å². The zero-order valence-corrected chi connectivity index (χ0v) is 11.4. The molecule has 2 nitrogen and oxygen atoms in total. The first-order valence-electron chi connectivity index (χ1n) is 6.90. The van der Waals surface area contributed by atoms with Crippen LogP contribution in [-0.2, 0) is 0 Å². The van der Waals surface area contributed by atoms with Gasteiger partial charge in [0.2, 0.25) is 0 Å². The lowest BCUT2D eigenvalue weighted by Gasteiger charge is -2.52. The van der Waals surface area contributed by atoms with Crippen molar-refractivity contribution in [2.24, 2.45) is 17.6 Å². The second kappa shape index (κ2) is 3.99. The Hall–Kier alpha value is -0.0800. The van der Waals surface area contributed by atoms with E-state index in [0.717, 1.165) is 18.4 Å². The fourth-order valence-corrected chi connectivity index (χ4v) is 4.05. The van der Waals surface area contributed by atoms with Crippen LogP contribution in [0.25, 0.3) is 0 Å². The lowest BCUT2D eigenvalue weighted by atomic mass is 9.77. The smallest absolute Gasteiger partial charge is 0.0364 e. The first-order chi connectivity index (χ1) is 7.46. The van der Waals surface area contributed by atoms with Crippen LogP contribution in [-0.4, -0.2) is 29.6 Å². The van der Waals surface area contributed by atoms with E-state index in [0.29, 0.717) is 5.54 Å². The summed E-state index contributed by atoms with van der Waals surface area (Å²) in [5.41, 5.74) is 6.76. The molecule has 2 aliphatic rings. The van der Waals surface area contributed by atoms with E-state index in [4.69, 9.17) is 5.73 Å². The van der Waals surface area contributed by atoms with Crippen LogP contribution in [0.5, 0.6) is 0 Å². The molecule has 0 aromatic rings. The van der Waals surface area contributed by atoms with Gasteiger partial charge in [-0.25, -0.2) is 0 Å². The summed E-state index contributed by atoms with van der Waals surface area (Å²) in [4.78, 5) is 2.61. The Morgan fingerprint density at radius 1 is 1.38 bits per heavy atom. The van der Waals surface area contributed by atoms with Crippen LogP contribution in [0.3, 0.4) is 0 Å². The van der Waals surface area contributed by atoms with E-state index in [-0.39, 0.29) is 5.54 Å². The molecule has 2 rings (SSSR count). The number of fused-ring (bicyclic) bond motifs is 2. The molecular weight excluding hydrogens is 196 g/mol. The maximum atomic E-state index is 6.17. The van der Waals surface area contributed by atoms with Gasteiger partial charge in [0.15, 0.2) is 0 Å². The fourth-order valence-electron chi connectivity index (χ4n) is 4.05. The van der Waals surface area contributed by atoms with Gasteiger partial charge in [0.25, 0.3) is 0 Å². The highest BCUT2D eigenvalue weighted by atomic mass is 15.3. The highest BCUT2D eigenvalue weighted by Crippen LogP contribution is 2.54. The SMILES string of the molecule is CCC(C)(C)N(C)C1(CN)CC2CCC1C2. The summed E-state index contributed by atoms with van der Waals surface area (Å²) < 4.78 is 0. The van der Waals surface area contributed by atoms with Crippen molar-refractivity contribution in [1.82, 2.24) is 4.90 Å². The van der Waals surface area contributed by atoms with Crippen LogP contribution >= 0.6 is 0 Å². The Kier molecular flexibility index (Phi) is 3.09. The number of likely N-dealkylation sites (N-methyl/N-ethyl adjacent to an activating group) is 1. The van der Waals surface area contributed by atoms with Crippen molar-refractivity contribution in [3.05, 3.63) is 0 Å². The van der Waals surface area contributed by atoms with Crippen LogP contribution in [0.2, 0.25) is 0 Å². The average Bonchev–Trinajstić information content (AvgIpc) is 2.88. The predicted molar refractivity (Wildman–Crippen MR) is 69.4 cm³/mol. The molecule has 16 heavy (non-hydrogen) atoms. The summed E-state index contributed by atoms with van der Waals surface area (Å²) in [5, 5.41) is 0. The molecule has 2 bridgehead atoms. The molecule has 0 saturated heterocycles. The molecule has 2 aliphatic carbocycles. The van der Waals surface area contributed by atoms with E-state index in [1.807, 2.05) is 0 Å². The quantitative estimate of drug-likeness (QED) is 0.795. The van der Waals surface area contributed by atoms with E-state index in [2.05, 4.69) is 32.7 Å². The predicted octanol–water partition coefficient (Wildman–Crippen LogP) is 2.62. The Morgan fingerprint density at radius 2 is 2.06 bits per heavy atom. The second-order valence-electron chi connectivity index (χ2n) is 6.61. The largest absolute Gasteiger partial charge is 0.329 e. The number of hydrogen-bond donors (Lipinski definition) is 1. The Morgan fingerprint density at radius 3 is 2.44 bits per heavy atom. The molecule has 94 valence electrons. The van der Waals surface area contributed by atoms with E-state index < -0.39 is 0 Å². The van der Waals surface area contributed by atoms with Gasteiger partial charge in [0.05, 0.1) is 0 Å². The highest BCUT2D eigenvalue weighted by molar-refractivity contribution is 5.09. The van der Waals surface area contributed by atoms with Gasteiger partial charge in [-0.3, -0.25) is 4.90 Å². The Bertz CT molecular complexity index is 261. The van der Waals surface area contributed by atoms with Gasteiger partial charge in [-0.15, -0.1) is 0 Å². The van der Waals surface area contributed by atoms with Crippen LogP contribution in [0.1, 0.15) is 52.9 Å². The van der Waals surface area contributed by atoms with Crippen LogP contribution in [0.15, 0.2) is 0 Å². The van der Waals surface area contributed by atoms with Gasteiger partial charge in [-0.05, 0) is 58.4 Å². The molecule has 0 amide bonds. The number of rotatable bonds is 4. The summed E-state index contributed by atoms with van der Waals surface area (Å²) in [7, 11) is 2.30. The van der Waals surface area contributed by atoms with Gasteiger partial charge >= 0.3 is 0 Å². The Balaban J connectivity index is 2.22. The van der Waals surface area contributed by atoms with Crippen molar-refractivity contribution in [2.75, 3.05) is 13.6 Å². The summed E-state index contributed by atoms with van der Waals surface area (Å²) >= 11 is 0. The van der Waals surface area contributed by atoms with Crippen molar-refractivity contribution in [3.8, 4) is 0 Å². The third-order valence-electron chi connectivity index (χ3n) is 5.74. The summed E-state index contributed by atoms with van der Waals surface area (Å²) in [5.74, 6) is 1.82. The molecular formula is C14H28N2. The first-order valence-corrected chi connectivity index (χ1v) is 6.90. The zero-order valence-electron chi connectivity index (χ0n) is 11.4. The number of nitrogens with zero attached hydrogens (tertiary/aromatic N) is 1. The molecule has 0 radical (unpaired) electrons. The van der Waals surface area contributed by atoms with Gasteiger partial charge in [-0.2, -0.15) is 0 Å². The molecule has 2 N–H and O–H groups in total. The van der Waals surface area contributed by atoms with Crippen LogP contribution in [0, 0.1) is 11.8 Å². The number of hydrogen-bond acceptors (Lipinski definition) is 2. The minimum atomic E-state index is 0.282. The normalized spacial score (nSPS) is 38.6. The van der Waals surface area contributed by atoms with Crippen LogP contribution < -0.4 is 5.73 Å². The second-order valence-corrected chi connectivity index (χ2v) is 6.61. The molecule has 0 aromatic heterocycles. The molecule has 2 saturated carbocycles. The minimum absolute atomic E-state index is 0.282. The monoisotopic (exact) mass is 224 g/mol. The average molecular weight is 224 g/mol. The maximum absolute atomic E-state index is 6.17. The lowest BCUT2D eigenvalue weighted by molar-refractivity contribution is -0.0131. The molecule has 0 aliphatic heterocycles. The minimum Gasteiger partial charge on any atom is -0.329 e. The van der Waals surface area contributed by atoms with Gasteiger partial charge in [-0.1, -0.05) is 13.3 Å². The van der Waals surface area contributed by atoms with Crippen molar-refractivity contribution < 1.29 is 0 Å². The van der Waals surface area contributed by atoms with Crippen molar-refractivity contribution in [1.29, 1.82) is 0 Å². The third kappa shape index (κ3) is 1.62. The third-order valence-corrected chi connectivity index (χ3v) is 5.74. The van der Waals surface area contributed by atoms with E-state index in [1.54, 1.807) is 0 Å². The maximum Gasteiger partial charge on any atom is 0.0364 e. The topological polar surface area (TPSA) is 29.3 Å². The highest BCUT2D eigenvalue weighted by Gasteiger charge is 2.54. The number of nitrogens with two attached hydrogens (primary N) is 1. The van der Waals surface area contributed by atoms with E-state index >= 15 is 0 Å². The van der Waals surface area contributed by atoms with Gasteiger partial charge in [0.1, 0.15) is 0 Å². The molecule has 0 heterocycles. The van der Waals surface area contributed by atoms with E-state index in [9.17, 15) is 0 Å². The van der Waals surface area contributed by atoms with Crippen molar-refractivity contribution in [2.45, 2.75) is 64.0 Å². The molecule has 0 aromatic carbocycles. The standard InChI is InChI=1S/C14H28N2/c1-5-13(2,3)16(4)14(10-15)9-11-6-7-12(14)8-11/h11-12H,5-10,15H2,1-4H3. The molecule has 2 heteroatoms. The fraction of sp³-hybridized carbons (Fsp3) is 1.00.